The molecule has 1 unspecified atom stereocenters. The zero-order valence-corrected chi connectivity index (χ0v) is 10.5. The third-order valence-corrected chi connectivity index (χ3v) is 3.13. The second kappa shape index (κ2) is 4.95. The zero-order valence-electron chi connectivity index (χ0n) is 10.5. The first-order valence-corrected chi connectivity index (χ1v) is 6.28. The van der Waals surface area contributed by atoms with Crippen molar-refractivity contribution in [2.24, 2.45) is 5.92 Å². The molecule has 1 aromatic heterocycles. The highest BCUT2D eigenvalue weighted by atomic mass is 15.4. The lowest BCUT2D eigenvalue weighted by molar-refractivity contribution is 0.447. The molecule has 0 bridgehead atoms. The summed E-state index contributed by atoms with van der Waals surface area (Å²) < 4.78 is 1.98. The summed E-state index contributed by atoms with van der Waals surface area (Å²) in [6.45, 7) is 7.35. The Morgan fingerprint density at radius 3 is 2.81 bits per heavy atom. The molecule has 2 rings (SSSR count). The molecule has 1 saturated carbocycles. The summed E-state index contributed by atoms with van der Waals surface area (Å²) >= 11 is 0. The average molecular weight is 222 g/mol. The van der Waals surface area contributed by atoms with Crippen LogP contribution in [0, 0.1) is 5.92 Å². The molecule has 1 N–H and O–H groups in total. The lowest BCUT2D eigenvalue weighted by Gasteiger charge is -2.14. The second-order valence-electron chi connectivity index (χ2n) is 5.18. The van der Waals surface area contributed by atoms with Gasteiger partial charge in [-0.3, -0.25) is 0 Å². The predicted molar refractivity (Wildman–Crippen MR) is 64.0 cm³/mol. The van der Waals surface area contributed by atoms with Crippen molar-refractivity contribution < 1.29 is 0 Å². The van der Waals surface area contributed by atoms with E-state index in [1.807, 2.05) is 4.68 Å². The molecule has 4 nitrogen and oxygen atoms in total. The van der Waals surface area contributed by atoms with E-state index in [-0.39, 0.29) is 0 Å². The fourth-order valence-electron chi connectivity index (χ4n) is 2.03. The molecule has 1 heterocycles. The molecule has 1 aliphatic rings. The van der Waals surface area contributed by atoms with Crippen LogP contribution >= 0.6 is 0 Å². The molecule has 1 aliphatic carbocycles. The molecule has 0 radical (unpaired) electrons. The van der Waals surface area contributed by atoms with E-state index in [1.165, 1.54) is 19.3 Å². The van der Waals surface area contributed by atoms with Crippen molar-refractivity contribution in [1.82, 2.24) is 20.1 Å². The van der Waals surface area contributed by atoms with Crippen molar-refractivity contribution in [3.63, 3.8) is 0 Å². The minimum atomic E-state index is 0.387. The third-order valence-electron chi connectivity index (χ3n) is 3.13. The minimum absolute atomic E-state index is 0.387. The summed E-state index contributed by atoms with van der Waals surface area (Å²) in [7, 11) is 0. The van der Waals surface area contributed by atoms with Gasteiger partial charge in [0.25, 0.3) is 0 Å². The van der Waals surface area contributed by atoms with Crippen LogP contribution < -0.4 is 5.32 Å². The minimum Gasteiger partial charge on any atom is -0.307 e. The molecule has 1 aromatic rings. The van der Waals surface area contributed by atoms with Crippen LogP contribution in [0.5, 0.6) is 0 Å². The maximum Gasteiger partial charge on any atom is 0.141 e. The van der Waals surface area contributed by atoms with Crippen molar-refractivity contribution in [3.8, 4) is 0 Å². The van der Waals surface area contributed by atoms with E-state index in [1.54, 1.807) is 6.33 Å². The summed E-state index contributed by atoms with van der Waals surface area (Å²) in [5, 5.41) is 7.76. The Balaban J connectivity index is 1.81. The van der Waals surface area contributed by atoms with E-state index >= 15 is 0 Å². The fraction of sp³-hybridized carbons (Fsp3) is 0.833. The Morgan fingerprint density at radius 1 is 1.44 bits per heavy atom. The molecule has 90 valence electrons. The van der Waals surface area contributed by atoms with Gasteiger partial charge in [0.2, 0.25) is 0 Å². The monoisotopic (exact) mass is 222 g/mol. The van der Waals surface area contributed by atoms with Gasteiger partial charge < -0.3 is 5.32 Å². The van der Waals surface area contributed by atoms with Gasteiger partial charge in [-0.15, -0.1) is 0 Å². The molecule has 1 fully saturated rings. The van der Waals surface area contributed by atoms with Gasteiger partial charge in [-0.2, -0.15) is 5.10 Å². The molecule has 16 heavy (non-hydrogen) atoms. The number of nitrogens with zero attached hydrogens (tertiary/aromatic N) is 3. The zero-order chi connectivity index (χ0) is 11.5. The second-order valence-corrected chi connectivity index (χ2v) is 5.18. The lowest BCUT2D eigenvalue weighted by Crippen LogP contribution is -2.27. The van der Waals surface area contributed by atoms with Crippen LogP contribution in [0.15, 0.2) is 6.33 Å². The van der Waals surface area contributed by atoms with Gasteiger partial charge in [0.05, 0.1) is 6.54 Å². The van der Waals surface area contributed by atoms with Crippen LogP contribution in [0.1, 0.15) is 51.9 Å². The van der Waals surface area contributed by atoms with E-state index in [0.29, 0.717) is 12.1 Å². The van der Waals surface area contributed by atoms with E-state index < -0.39 is 0 Å². The highest BCUT2D eigenvalue weighted by Gasteiger charge is 2.23. The van der Waals surface area contributed by atoms with Gasteiger partial charge in [0.15, 0.2) is 0 Å². The first-order valence-electron chi connectivity index (χ1n) is 6.28. The number of aromatic nitrogens is 3. The van der Waals surface area contributed by atoms with Crippen LogP contribution in [0.4, 0.5) is 0 Å². The number of hydrogen-bond donors (Lipinski definition) is 1. The highest BCUT2D eigenvalue weighted by molar-refractivity contribution is 4.87. The lowest BCUT2D eigenvalue weighted by atomic mass is 10.1. The van der Waals surface area contributed by atoms with Gasteiger partial charge in [0.1, 0.15) is 12.2 Å². The van der Waals surface area contributed by atoms with Gasteiger partial charge in [0, 0.05) is 12.1 Å². The molecular formula is C12H22N4. The summed E-state index contributed by atoms with van der Waals surface area (Å²) in [4.78, 5) is 4.29. The molecule has 1 atom stereocenters. The highest BCUT2D eigenvalue weighted by Crippen LogP contribution is 2.33. The van der Waals surface area contributed by atoms with E-state index in [2.05, 4.69) is 36.2 Å². The van der Waals surface area contributed by atoms with Crippen LogP contribution in [0.2, 0.25) is 0 Å². The smallest absolute Gasteiger partial charge is 0.141 e. The van der Waals surface area contributed by atoms with Crippen molar-refractivity contribution in [2.45, 2.75) is 58.7 Å². The number of rotatable bonds is 6. The van der Waals surface area contributed by atoms with E-state index in [4.69, 9.17) is 0 Å². The van der Waals surface area contributed by atoms with Crippen molar-refractivity contribution >= 4 is 0 Å². The summed E-state index contributed by atoms with van der Waals surface area (Å²) in [6, 6.07) is 0.975. The molecule has 0 amide bonds. The maximum absolute atomic E-state index is 4.29. The number of hydrogen-bond acceptors (Lipinski definition) is 3. The van der Waals surface area contributed by atoms with Gasteiger partial charge in [-0.05, 0) is 33.1 Å². The average Bonchev–Trinajstić information content (AvgIpc) is 2.91. The Labute approximate surface area is 97.5 Å². The standard InChI is InChI=1S/C12H22N4/c1-9(2)16-12(14-8-15-16)7-13-10(3)6-11-4-5-11/h8-11,13H,4-7H2,1-3H3. The summed E-state index contributed by atoms with van der Waals surface area (Å²) in [5.74, 6) is 2.02. The molecular weight excluding hydrogens is 200 g/mol. The van der Waals surface area contributed by atoms with Gasteiger partial charge >= 0.3 is 0 Å². The third kappa shape index (κ3) is 3.04. The summed E-state index contributed by atoms with van der Waals surface area (Å²) in [5.41, 5.74) is 0. The fourth-order valence-corrected chi connectivity index (χ4v) is 2.03. The van der Waals surface area contributed by atoms with E-state index in [0.717, 1.165) is 18.3 Å². The van der Waals surface area contributed by atoms with E-state index in [9.17, 15) is 0 Å². The normalized spacial score (nSPS) is 18.0. The Bertz CT molecular complexity index is 328. The topological polar surface area (TPSA) is 42.7 Å². The van der Waals surface area contributed by atoms with Crippen LogP contribution in [0.25, 0.3) is 0 Å². The maximum atomic E-state index is 4.29. The van der Waals surface area contributed by atoms with Crippen LogP contribution in [0.3, 0.4) is 0 Å². The first kappa shape index (κ1) is 11.6. The predicted octanol–water partition coefficient (Wildman–Crippen LogP) is 2.14. The Kier molecular flexibility index (Phi) is 3.59. The molecule has 0 aromatic carbocycles. The van der Waals surface area contributed by atoms with Gasteiger partial charge in [-0.25, -0.2) is 9.67 Å². The van der Waals surface area contributed by atoms with Crippen molar-refractivity contribution in [2.75, 3.05) is 0 Å². The Morgan fingerprint density at radius 2 is 2.19 bits per heavy atom. The molecule has 4 heteroatoms. The van der Waals surface area contributed by atoms with Gasteiger partial charge in [-0.1, -0.05) is 12.8 Å². The molecule has 0 saturated heterocycles. The molecule has 0 spiro atoms. The van der Waals surface area contributed by atoms with Crippen LogP contribution in [-0.2, 0) is 6.54 Å². The SMILES string of the molecule is CC(CC1CC1)NCc1ncnn1C(C)C. The largest absolute Gasteiger partial charge is 0.307 e. The molecule has 0 aliphatic heterocycles. The quantitative estimate of drug-likeness (QED) is 0.802. The summed E-state index contributed by atoms with van der Waals surface area (Å²) in [6.07, 6.45) is 5.79. The number of nitrogens with one attached hydrogen (secondary N) is 1. The van der Waals surface area contributed by atoms with Crippen molar-refractivity contribution in [1.29, 1.82) is 0 Å². The Hall–Kier alpha value is -0.900. The van der Waals surface area contributed by atoms with Crippen LogP contribution in [-0.4, -0.2) is 20.8 Å². The van der Waals surface area contributed by atoms with Crippen molar-refractivity contribution in [3.05, 3.63) is 12.2 Å². The first-order chi connectivity index (χ1) is 7.66.